The summed E-state index contributed by atoms with van der Waals surface area (Å²) in [6, 6.07) is 42.2. The lowest BCUT2D eigenvalue weighted by atomic mass is 10.0. The molecule has 68 heavy (non-hydrogen) atoms. The number of fused-ring (bicyclic) bond motifs is 8. The Kier molecular flexibility index (Phi) is 14.8. The zero-order valence-corrected chi connectivity index (χ0v) is 39.9. The van der Waals surface area contributed by atoms with E-state index in [1.807, 2.05) is 0 Å². The van der Waals surface area contributed by atoms with Crippen LogP contribution in [0.4, 0.5) is 0 Å². The van der Waals surface area contributed by atoms with Gasteiger partial charge in [0.1, 0.15) is 23.0 Å². The summed E-state index contributed by atoms with van der Waals surface area (Å²) in [6.07, 6.45) is 16.9. The number of unbranched alkanes of at least 4 members (excludes halogenated alkanes) is 4. The topological polar surface area (TPSA) is 94.3 Å². The van der Waals surface area contributed by atoms with Gasteiger partial charge < -0.3 is 28.9 Å². The van der Waals surface area contributed by atoms with E-state index in [4.69, 9.17) is 28.9 Å². The monoisotopic (exact) mass is 902 g/mol. The third kappa shape index (κ3) is 10.5. The fourth-order valence-electron chi connectivity index (χ4n) is 8.63. The highest BCUT2D eigenvalue weighted by Crippen LogP contribution is 2.39. The van der Waals surface area contributed by atoms with Crippen LogP contribution in [-0.2, 0) is 0 Å². The smallest absolute Gasteiger partial charge is 0.119 e. The number of aromatic amines is 2. The number of H-pyrrole nitrogens is 2. The van der Waals surface area contributed by atoms with Gasteiger partial charge in [-0.05, 0) is 145 Å². The van der Waals surface area contributed by atoms with E-state index in [0.717, 1.165) is 164 Å². The molecule has 0 unspecified atom stereocenters. The first-order valence-electron chi connectivity index (χ1n) is 24.6. The second-order valence-corrected chi connectivity index (χ2v) is 17.4. The predicted octanol–water partition coefficient (Wildman–Crippen LogP) is 16.0. The van der Waals surface area contributed by atoms with Gasteiger partial charge in [-0.3, -0.25) is 0 Å². The average molecular weight is 903 g/mol. The van der Waals surface area contributed by atoms with Gasteiger partial charge in [-0.2, -0.15) is 0 Å². The fourth-order valence-corrected chi connectivity index (χ4v) is 8.63. The molecule has 2 aliphatic rings. The minimum Gasteiger partial charge on any atom is -0.494 e. The van der Waals surface area contributed by atoms with Gasteiger partial charge in [0, 0.05) is 44.3 Å². The number of hydrogen-bond acceptors (Lipinski definition) is 6. The standard InChI is InChI=1S/C60H62N4O4/c1-5-9-37-65-45-21-13-41(14-22-45)57-49-29-31-51(61-49)58(42-15-23-46(24-16-42)66-38-10-6-2)53-33-35-55(63-53)60(44-19-27-48(28-20-44)68-40-12-8-4)56-36-34-54(64-56)59(52-32-30-50(57)62-52)43-17-25-47(26-18-43)67-39-11-7-3/h13-36,61,64H,5-12,37-40H2,1-4H3. The predicted molar refractivity (Wildman–Crippen MR) is 282 cm³/mol. The molecule has 7 aromatic rings. The summed E-state index contributed by atoms with van der Waals surface area (Å²) >= 11 is 0. The average Bonchev–Trinajstić information content (AvgIpc) is 4.23. The van der Waals surface area contributed by atoms with Crippen molar-refractivity contribution in [1.29, 1.82) is 0 Å². The van der Waals surface area contributed by atoms with Crippen molar-refractivity contribution >= 4 is 46.4 Å². The molecule has 0 saturated carbocycles. The quantitative estimate of drug-likeness (QED) is 0.0740. The molecule has 0 fully saturated rings. The molecule has 2 N–H and O–H groups in total. The number of ether oxygens (including phenoxy) is 4. The molecule has 9 rings (SSSR count). The maximum atomic E-state index is 6.11. The number of aromatic nitrogens is 4. The first-order valence-corrected chi connectivity index (χ1v) is 24.6. The summed E-state index contributed by atoms with van der Waals surface area (Å²) in [4.78, 5) is 18.8. The molecule has 8 heteroatoms. The molecule has 8 bridgehead atoms. The van der Waals surface area contributed by atoms with Crippen molar-refractivity contribution in [1.82, 2.24) is 19.9 Å². The van der Waals surface area contributed by atoms with Crippen molar-refractivity contribution < 1.29 is 18.9 Å². The summed E-state index contributed by atoms with van der Waals surface area (Å²) in [5.74, 6) is 3.40. The molecule has 0 radical (unpaired) electrons. The molecular formula is C60H62N4O4. The Morgan fingerprint density at radius 2 is 0.529 bits per heavy atom. The van der Waals surface area contributed by atoms with Gasteiger partial charge in [0.05, 0.1) is 49.2 Å². The molecule has 0 atom stereocenters. The normalized spacial score (nSPS) is 11.8. The van der Waals surface area contributed by atoms with E-state index in [1.165, 1.54) is 0 Å². The SMILES string of the molecule is CCCCOc1ccc(-c2c3nc(c(-c4ccc(OCCCC)cc4)c4ccc([nH]4)c(-c4ccc(OCCCC)cc4)c4nc(c(-c5ccc(OCCCC)cc5)c5ccc2[nH]5)C=C4)C=C3)cc1. The lowest BCUT2D eigenvalue weighted by molar-refractivity contribution is 0.309. The second-order valence-electron chi connectivity index (χ2n) is 17.4. The van der Waals surface area contributed by atoms with Gasteiger partial charge in [0.25, 0.3) is 0 Å². The van der Waals surface area contributed by atoms with Crippen LogP contribution in [0.5, 0.6) is 23.0 Å². The van der Waals surface area contributed by atoms with Crippen LogP contribution in [0.25, 0.3) is 90.9 Å². The molecule has 0 saturated heterocycles. The van der Waals surface area contributed by atoms with Gasteiger partial charge in [-0.25, -0.2) is 9.97 Å². The number of nitrogens with zero attached hydrogens (tertiary/aromatic N) is 2. The van der Waals surface area contributed by atoms with E-state index in [0.29, 0.717) is 26.4 Å². The summed E-state index contributed by atoms with van der Waals surface area (Å²) < 4.78 is 24.5. The summed E-state index contributed by atoms with van der Waals surface area (Å²) in [5, 5.41) is 0. The van der Waals surface area contributed by atoms with Crippen LogP contribution in [0, 0.1) is 0 Å². The van der Waals surface area contributed by atoms with Crippen LogP contribution in [0.15, 0.2) is 121 Å². The number of benzene rings is 4. The van der Waals surface area contributed by atoms with Crippen LogP contribution < -0.4 is 18.9 Å². The molecule has 346 valence electrons. The Labute approximate surface area is 400 Å². The molecule has 5 heterocycles. The Hall–Kier alpha value is -7.32. The zero-order valence-electron chi connectivity index (χ0n) is 39.9. The highest BCUT2D eigenvalue weighted by atomic mass is 16.5. The second kappa shape index (κ2) is 22.0. The van der Waals surface area contributed by atoms with E-state index in [1.54, 1.807) is 0 Å². The first-order chi connectivity index (χ1) is 33.5. The van der Waals surface area contributed by atoms with Crippen molar-refractivity contribution in [3.63, 3.8) is 0 Å². The number of hydrogen-bond donors (Lipinski definition) is 2. The van der Waals surface area contributed by atoms with E-state index < -0.39 is 0 Å². The van der Waals surface area contributed by atoms with Crippen LogP contribution in [-0.4, -0.2) is 46.4 Å². The highest BCUT2D eigenvalue weighted by molar-refractivity contribution is 6.00. The van der Waals surface area contributed by atoms with Crippen molar-refractivity contribution in [2.45, 2.75) is 79.1 Å². The first kappa shape index (κ1) is 45.8. The summed E-state index contributed by atoms with van der Waals surface area (Å²) in [7, 11) is 0. The molecule has 3 aromatic heterocycles. The molecule has 2 aliphatic heterocycles. The number of nitrogens with one attached hydrogen (secondary N) is 2. The maximum Gasteiger partial charge on any atom is 0.119 e. The molecule has 8 nitrogen and oxygen atoms in total. The van der Waals surface area contributed by atoms with Crippen molar-refractivity contribution in [3.8, 4) is 67.5 Å². The minimum atomic E-state index is 0.687. The largest absolute Gasteiger partial charge is 0.494 e. The molecule has 4 aromatic carbocycles. The third-order valence-electron chi connectivity index (χ3n) is 12.4. The van der Waals surface area contributed by atoms with E-state index in [9.17, 15) is 0 Å². The van der Waals surface area contributed by atoms with Crippen molar-refractivity contribution in [2.24, 2.45) is 0 Å². The van der Waals surface area contributed by atoms with Gasteiger partial charge in [0.15, 0.2) is 0 Å². The van der Waals surface area contributed by atoms with Gasteiger partial charge >= 0.3 is 0 Å². The molecular weight excluding hydrogens is 841 g/mol. The van der Waals surface area contributed by atoms with E-state index in [2.05, 4.69) is 183 Å². The van der Waals surface area contributed by atoms with Crippen LogP contribution >= 0.6 is 0 Å². The Morgan fingerprint density at radius 3 is 0.735 bits per heavy atom. The maximum absolute atomic E-state index is 6.11. The van der Waals surface area contributed by atoms with E-state index in [-0.39, 0.29) is 0 Å². The molecule has 0 spiro atoms. The zero-order chi connectivity index (χ0) is 46.7. The summed E-state index contributed by atoms with van der Waals surface area (Å²) in [6.45, 7) is 11.5. The van der Waals surface area contributed by atoms with Crippen LogP contribution in [0.3, 0.4) is 0 Å². The van der Waals surface area contributed by atoms with Crippen molar-refractivity contribution in [2.75, 3.05) is 26.4 Å². The lowest BCUT2D eigenvalue weighted by Crippen LogP contribution is -1.96. The van der Waals surface area contributed by atoms with Crippen LogP contribution in [0.1, 0.15) is 102 Å². The molecule has 0 amide bonds. The fraction of sp³-hybridized carbons (Fsp3) is 0.267. The van der Waals surface area contributed by atoms with Crippen LogP contribution in [0.2, 0.25) is 0 Å². The third-order valence-corrected chi connectivity index (χ3v) is 12.4. The Balaban J connectivity index is 1.31. The van der Waals surface area contributed by atoms with E-state index >= 15 is 0 Å². The van der Waals surface area contributed by atoms with Gasteiger partial charge in [-0.1, -0.05) is 102 Å². The highest BCUT2D eigenvalue weighted by Gasteiger charge is 2.20. The number of rotatable bonds is 20. The minimum absolute atomic E-state index is 0.687. The lowest BCUT2D eigenvalue weighted by Gasteiger charge is -2.10. The molecule has 0 aliphatic carbocycles. The summed E-state index contributed by atoms with van der Waals surface area (Å²) in [5.41, 5.74) is 15.1. The Bertz CT molecular complexity index is 2630. The van der Waals surface area contributed by atoms with Gasteiger partial charge in [0.2, 0.25) is 0 Å². The van der Waals surface area contributed by atoms with Gasteiger partial charge in [-0.15, -0.1) is 0 Å². The Morgan fingerprint density at radius 1 is 0.309 bits per heavy atom. The van der Waals surface area contributed by atoms with Crippen molar-refractivity contribution in [3.05, 3.63) is 144 Å².